The largest absolute Gasteiger partial charge is 0.493 e. The second kappa shape index (κ2) is 9.11. The zero-order valence-corrected chi connectivity index (χ0v) is 19.0. The number of hydrogen-bond acceptors (Lipinski definition) is 8. The van der Waals surface area contributed by atoms with Crippen LogP contribution in [0, 0.1) is 12.8 Å². The van der Waals surface area contributed by atoms with Crippen molar-refractivity contribution in [2.45, 2.75) is 57.8 Å². The monoisotopic (exact) mass is 439 g/mol. The second-order valence-corrected chi connectivity index (χ2v) is 9.35. The normalized spacial score (nSPS) is 20.6. The van der Waals surface area contributed by atoms with Crippen LogP contribution >= 0.6 is 0 Å². The van der Waals surface area contributed by atoms with Crippen molar-refractivity contribution in [3.63, 3.8) is 0 Å². The highest BCUT2D eigenvalue weighted by atomic mass is 16.7. The Kier molecular flexibility index (Phi) is 6.06. The Bertz CT molecular complexity index is 929. The average molecular weight is 440 g/mol. The highest BCUT2D eigenvalue weighted by Crippen LogP contribution is 2.31. The molecule has 8 heteroatoms. The van der Waals surface area contributed by atoms with Crippen LogP contribution in [0.5, 0.6) is 5.75 Å². The molecule has 2 aromatic rings. The molecule has 2 aliphatic heterocycles. The minimum Gasteiger partial charge on any atom is -0.493 e. The molecule has 1 N–H and O–H groups in total. The van der Waals surface area contributed by atoms with E-state index < -0.39 is 5.72 Å². The van der Waals surface area contributed by atoms with Gasteiger partial charge in [0, 0.05) is 39.4 Å². The van der Waals surface area contributed by atoms with Gasteiger partial charge in [-0.15, -0.1) is 0 Å². The first-order valence-electron chi connectivity index (χ1n) is 11.7. The zero-order valence-electron chi connectivity index (χ0n) is 19.0. The first kappa shape index (κ1) is 21.3. The number of piperidine rings is 1. The summed E-state index contributed by atoms with van der Waals surface area (Å²) in [7, 11) is 2.14. The Hall–Kier alpha value is -2.58. The molecular weight excluding hydrogens is 406 g/mol. The SMILES string of the molecule is Cc1nc(CN(Cc2ccc(OCC3CCC3)cc2)C2=NC3(CCN(C)CC3)ON2)co1. The summed E-state index contributed by atoms with van der Waals surface area (Å²) in [5, 5.41) is 0. The number of rotatable bonds is 7. The maximum atomic E-state index is 6.01. The summed E-state index contributed by atoms with van der Waals surface area (Å²) in [6, 6.07) is 8.37. The van der Waals surface area contributed by atoms with Crippen LogP contribution in [0.2, 0.25) is 0 Å². The van der Waals surface area contributed by atoms with Crippen molar-refractivity contribution in [3.8, 4) is 5.75 Å². The van der Waals surface area contributed by atoms with Gasteiger partial charge in [0.1, 0.15) is 12.0 Å². The van der Waals surface area contributed by atoms with E-state index in [1.54, 1.807) is 6.26 Å². The summed E-state index contributed by atoms with van der Waals surface area (Å²) < 4.78 is 11.4. The molecule has 2 fully saturated rings. The van der Waals surface area contributed by atoms with Gasteiger partial charge in [0.15, 0.2) is 11.6 Å². The summed E-state index contributed by atoms with van der Waals surface area (Å²) in [5.74, 6) is 3.08. The topological polar surface area (TPSA) is 75.4 Å². The van der Waals surface area contributed by atoms with E-state index in [1.807, 2.05) is 6.92 Å². The molecule has 5 rings (SSSR count). The van der Waals surface area contributed by atoms with Crippen LogP contribution in [-0.4, -0.2) is 53.2 Å². The molecule has 1 aliphatic carbocycles. The molecule has 0 radical (unpaired) electrons. The van der Waals surface area contributed by atoms with E-state index in [0.717, 1.165) is 55.9 Å². The van der Waals surface area contributed by atoms with Crippen LogP contribution in [0.4, 0.5) is 0 Å². The van der Waals surface area contributed by atoms with Crippen molar-refractivity contribution < 1.29 is 14.0 Å². The molecule has 1 aromatic heterocycles. The average Bonchev–Trinajstić information content (AvgIpc) is 3.36. The fraction of sp³-hybridized carbons (Fsp3) is 0.583. The lowest BCUT2D eigenvalue weighted by Crippen LogP contribution is -2.43. The number of aromatic nitrogens is 1. The maximum absolute atomic E-state index is 6.01. The molecule has 1 aromatic carbocycles. The van der Waals surface area contributed by atoms with Gasteiger partial charge in [-0.3, -0.25) is 0 Å². The Morgan fingerprint density at radius 3 is 2.62 bits per heavy atom. The molecule has 1 saturated heterocycles. The van der Waals surface area contributed by atoms with Gasteiger partial charge in [0.25, 0.3) is 0 Å². The number of benzene rings is 1. The van der Waals surface area contributed by atoms with Gasteiger partial charge < -0.3 is 19.0 Å². The number of nitrogens with zero attached hydrogens (tertiary/aromatic N) is 4. The van der Waals surface area contributed by atoms with Crippen molar-refractivity contribution >= 4 is 5.96 Å². The Morgan fingerprint density at radius 2 is 1.97 bits per heavy atom. The number of ether oxygens (including phenoxy) is 1. The second-order valence-electron chi connectivity index (χ2n) is 9.35. The first-order chi connectivity index (χ1) is 15.6. The van der Waals surface area contributed by atoms with Crippen LogP contribution in [-0.2, 0) is 17.9 Å². The van der Waals surface area contributed by atoms with E-state index in [-0.39, 0.29) is 0 Å². The first-order valence-corrected chi connectivity index (χ1v) is 11.7. The van der Waals surface area contributed by atoms with Crippen LogP contribution in [0.1, 0.15) is 49.3 Å². The smallest absolute Gasteiger partial charge is 0.222 e. The Morgan fingerprint density at radius 1 is 1.19 bits per heavy atom. The summed E-state index contributed by atoms with van der Waals surface area (Å²) in [4.78, 5) is 20.0. The molecule has 1 saturated carbocycles. The standard InChI is InChI=1S/C24H33N5O3/c1-18-25-21(17-30-18)15-29(23-26-24(32-27-23)10-12-28(2)13-11-24)14-19-6-8-22(9-7-19)31-16-20-4-3-5-20/h6-9,17,20H,3-5,10-16H2,1-2H3,(H,26,27). The molecule has 32 heavy (non-hydrogen) atoms. The molecule has 3 aliphatic rings. The highest BCUT2D eigenvalue weighted by molar-refractivity contribution is 5.80. The number of aryl methyl sites for hydroxylation is 1. The summed E-state index contributed by atoms with van der Waals surface area (Å²) in [6.07, 6.45) is 7.40. The third kappa shape index (κ3) is 4.91. The van der Waals surface area contributed by atoms with Gasteiger partial charge in [0.2, 0.25) is 5.96 Å². The number of likely N-dealkylation sites (tertiary alicyclic amines) is 1. The van der Waals surface area contributed by atoms with Gasteiger partial charge in [-0.05, 0) is 43.5 Å². The lowest BCUT2D eigenvalue weighted by atomic mass is 9.86. The lowest BCUT2D eigenvalue weighted by molar-refractivity contribution is -0.0875. The quantitative estimate of drug-likeness (QED) is 0.708. The van der Waals surface area contributed by atoms with Gasteiger partial charge in [0.05, 0.1) is 18.8 Å². The van der Waals surface area contributed by atoms with Crippen LogP contribution < -0.4 is 10.2 Å². The number of guanidine groups is 1. The van der Waals surface area contributed by atoms with Gasteiger partial charge in [-0.1, -0.05) is 18.6 Å². The van der Waals surface area contributed by atoms with Crippen LogP contribution in [0.15, 0.2) is 39.9 Å². The van der Waals surface area contributed by atoms with Crippen molar-refractivity contribution in [2.24, 2.45) is 10.9 Å². The molecule has 1 spiro atoms. The fourth-order valence-electron chi connectivity index (χ4n) is 4.36. The molecule has 0 amide bonds. The van der Waals surface area contributed by atoms with Crippen LogP contribution in [0.3, 0.4) is 0 Å². The number of nitrogens with one attached hydrogen (secondary N) is 1. The van der Waals surface area contributed by atoms with E-state index >= 15 is 0 Å². The molecule has 3 heterocycles. The highest BCUT2D eigenvalue weighted by Gasteiger charge is 2.40. The van der Waals surface area contributed by atoms with Crippen molar-refractivity contribution in [1.29, 1.82) is 0 Å². The maximum Gasteiger partial charge on any atom is 0.222 e. The van der Waals surface area contributed by atoms with Gasteiger partial charge in [-0.25, -0.2) is 20.3 Å². The third-order valence-corrected chi connectivity index (χ3v) is 6.74. The van der Waals surface area contributed by atoms with E-state index in [4.69, 9.17) is 19.0 Å². The number of aliphatic imine (C=N–C) groups is 1. The summed E-state index contributed by atoms with van der Waals surface area (Å²) in [5.41, 5.74) is 4.69. The predicted octanol–water partition coefficient (Wildman–Crippen LogP) is 3.48. The number of oxazole rings is 1. The predicted molar refractivity (Wildman–Crippen MR) is 121 cm³/mol. The van der Waals surface area contributed by atoms with Gasteiger partial charge >= 0.3 is 0 Å². The molecule has 0 bridgehead atoms. The fourth-order valence-corrected chi connectivity index (χ4v) is 4.36. The third-order valence-electron chi connectivity index (χ3n) is 6.74. The van der Waals surface area contributed by atoms with Crippen molar-refractivity contribution in [3.05, 3.63) is 47.7 Å². The van der Waals surface area contributed by atoms with E-state index in [1.165, 1.54) is 24.8 Å². The van der Waals surface area contributed by atoms with E-state index in [2.05, 4.69) is 51.6 Å². The number of hydrogen-bond donors (Lipinski definition) is 1. The Labute approximate surface area is 189 Å². The minimum atomic E-state index is -0.473. The Balaban J connectivity index is 1.29. The zero-order chi connectivity index (χ0) is 22.0. The van der Waals surface area contributed by atoms with Crippen LogP contribution in [0.25, 0.3) is 0 Å². The lowest BCUT2D eigenvalue weighted by Gasteiger charge is -2.33. The van der Waals surface area contributed by atoms with Gasteiger partial charge in [-0.2, -0.15) is 0 Å². The summed E-state index contributed by atoms with van der Waals surface area (Å²) in [6.45, 7) is 5.90. The molecule has 0 atom stereocenters. The van der Waals surface area contributed by atoms with Crippen molar-refractivity contribution in [1.82, 2.24) is 20.3 Å². The van der Waals surface area contributed by atoms with E-state index in [9.17, 15) is 0 Å². The molecule has 0 unspecified atom stereocenters. The molecular formula is C24H33N5O3. The minimum absolute atomic E-state index is 0.473. The van der Waals surface area contributed by atoms with E-state index in [0.29, 0.717) is 19.0 Å². The molecule has 172 valence electrons. The van der Waals surface area contributed by atoms with Crippen molar-refractivity contribution in [2.75, 3.05) is 26.7 Å². The molecule has 8 nitrogen and oxygen atoms in total. The summed E-state index contributed by atoms with van der Waals surface area (Å²) >= 11 is 0. The number of hydroxylamine groups is 1.